The molecule has 1 saturated heterocycles. The smallest absolute Gasteiger partial charge is 0.338 e. The highest BCUT2D eigenvalue weighted by atomic mass is 16.7. The number of rotatable bonds is 3. The molecule has 4 N–H and O–H groups in total. The molecule has 0 radical (unpaired) electrons. The van der Waals surface area contributed by atoms with Crippen molar-refractivity contribution in [2.24, 2.45) is 0 Å². The van der Waals surface area contributed by atoms with Gasteiger partial charge in [-0.3, -0.25) is 0 Å². The minimum absolute atomic E-state index is 0.384. The molecule has 0 aliphatic carbocycles. The predicted molar refractivity (Wildman–Crippen MR) is 58.8 cm³/mol. The molecule has 4 atom stereocenters. The average Bonchev–Trinajstić information content (AvgIpc) is 2.67. The van der Waals surface area contributed by atoms with Gasteiger partial charge in [-0.25, -0.2) is 4.79 Å². The van der Waals surface area contributed by atoms with Gasteiger partial charge in [0.1, 0.15) is 18.3 Å². The van der Waals surface area contributed by atoms with Crippen LogP contribution in [0.4, 0.5) is 0 Å². The largest absolute Gasteiger partial charge is 0.429 e. The summed E-state index contributed by atoms with van der Waals surface area (Å²) in [6.45, 7) is -0.459. The van der Waals surface area contributed by atoms with E-state index in [1.807, 2.05) is 0 Å². The Morgan fingerprint density at radius 3 is 2.83 bits per heavy atom. The third kappa shape index (κ3) is 2.54. The maximum atomic E-state index is 11.7. The van der Waals surface area contributed by atoms with Gasteiger partial charge in [0.15, 0.2) is 0 Å². The number of allylic oxidation sites excluding steroid dienone is 1. The van der Waals surface area contributed by atoms with Crippen molar-refractivity contribution in [3.05, 3.63) is 24.0 Å². The molecule has 0 aromatic heterocycles. The van der Waals surface area contributed by atoms with E-state index in [1.165, 1.54) is 6.20 Å². The van der Waals surface area contributed by atoms with E-state index < -0.39 is 37.2 Å². The average molecular weight is 257 g/mol. The number of esters is 1. The van der Waals surface area contributed by atoms with Crippen LogP contribution in [0.15, 0.2) is 24.0 Å². The fraction of sp³-hybridized carbons (Fsp3) is 0.545. The standard InChI is InChI=1S/C11H15NO6/c13-5-7-8(14)9(15)11(17-7)18-10(16)6-2-1-3-12-4-6/h1,3-4,7-9,11-15H,2,5H2/t7-,8-,9-,11?/m1/s1. The lowest BCUT2D eigenvalue weighted by molar-refractivity contribution is -0.185. The van der Waals surface area contributed by atoms with Gasteiger partial charge >= 0.3 is 5.97 Å². The first-order valence-corrected chi connectivity index (χ1v) is 5.57. The van der Waals surface area contributed by atoms with Crippen LogP contribution >= 0.6 is 0 Å². The molecule has 0 bridgehead atoms. The first-order valence-electron chi connectivity index (χ1n) is 5.57. The minimum atomic E-state index is -1.36. The van der Waals surface area contributed by atoms with Crippen molar-refractivity contribution in [1.82, 2.24) is 5.32 Å². The summed E-state index contributed by atoms with van der Waals surface area (Å²) >= 11 is 0. The van der Waals surface area contributed by atoms with Crippen molar-refractivity contribution in [2.45, 2.75) is 31.0 Å². The lowest BCUT2D eigenvalue weighted by Crippen LogP contribution is -2.35. The number of ether oxygens (including phenoxy) is 2. The van der Waals surface area contributed by atoms with E-state index in [1.54, 1.807) is 12.3 Å². The fourth-order valence-electron chi connectivity index (χ4n) is 1.75. The van der Waals surface area contributed by atoms with Crippen molar-refractivity contribution in [2.75, 3.05) is 6.61 Å². The molecule has 2 aliphatic rings. The van der Waals surface area contributed by atoms with E-state index in [0.717, 1.165) is 0 Å². The Morgan fingerprint density at radius 1 is 1.50 bits per heavy atom. The second-order valence-electron chi connectivity index (χ2n) is 4.05. The number of aliphatic hydroxyl groups excluding tert-OH is 3. The van der Waals surface area contributed by atoms with Crippen LogP contribution in [-0.4, -0.2) is 52.5 Å². The molecule has 0 aromatic rings. The van der Waals surface area contributed by atoms with Gasteiger partial charge in [0.05, 0.1) is 12.2 Å². The molecule has 18 heavy (non-hydrogen) atoms. The summed E-state index contributed by atoms with van der Waals surface area (Å²) in [4.78, 5) is 11.7. The lowest BCUT2D eigenvalue weighted by Gasteiger charge is -2.17. The number of hydrogen-bond donors (Lipinski definition) is 4. The third-order valence-corrected chi connectivity index (χ3v) is 2.79. The Bertz CT molecular complexity index is 380. The number of aliphatic hydroxyl groups is 3. The van der Waals surface area contributed by atoms with Crippen molar-refractivity contribution < 1.29 is 29.6 Å². The summed E-state index contributed by atoms with van der Waals surface area (Å²) in [7, 11) is 0. The fourth-order valence-corrected chi connectivity index (χ4v) is 1.75. The van der Waals surface area contributed by atoms with E-state index in [0.29, 0.717) is 12.0 Å². The van der Waals surface area contributed by atoms with Gasteiger partial charge in [0.25, 0.3) is 0 Å². The van der Waals surface area contributed by atoms with Crippen molar-refractivity contribution in [1.29, 1.82) is 0 Å². The van der Waals surface area contributed by atoms with Crippen LogP contribution in [-0.2, 0) is 14.3 Å². The molecule has 0 saturated carbocycles. The highest BCUT2D eigenvalue weighted by Crippen LogP contribution is 2.23. The van der Waals surface area contributed by atoms with Crippen LogP contribution in [0.2, 0.25) is 0 Å². The molecule has 7 heteroatoms. The SMILES string of the molecule is O=C(OC1O[C@H](CO)[C@@H](O)[C@H]1O)C1=CNC=CC1. The van der Waals surface area contributed by atoms with Gasteiger partial charge in [0.2, 0.25) is 6.29 Å². The molecule has 1 fully saturated rings. The molecule has 0 amide bonds. The molecule has 2 aliphatic heterocycles. The molecule has 2 rings (SSSR count). The zero-order chi connectivity index (χ0) is 13.1. The lowest BCUT2D eigenvalue weighted by atomic mass is 10.1. The molecule has 7 nitrogen and oxygen atoms in total. The summed E-state index contributed by atoms with van der Waals surface area (Å²) in [5.74, 6) is -0.637. The number of nitrogens with one attached hydrogen (secondary N) is 1. The van der Waals surface area contributed by atoms with Crippen LogP contribution < -0.4 is 5.32 Å². The Hall–Kier alpha value is -1.41. The van der Waals surface area contributed by atoms with E-state index in [9.17, 15) is 15.0 Å². The van der Waals surface area contributed by atoms with E-state index in [2.05, 4.69) is 5.32 Å². The Kier molecular flexibility index (Phi) is 3.97. The molecular weight excluding hydrogens is 242 g/mol. The van der Waals surface area contributed by atoms with Gasteiger partial charge in [-0.1, -0.05) is 6.08 Å². The Balaban J connectivity index is 1.94. The zero-order valence-electron chi connectivity index (χ0n) is 9.52. The van der Waals surface area contributed by atoms with Crippen molar-refractivity contribution in [3.8, 4) is 0 Å². The number of hydrogen-bond acceptors (Lipinski definition) is 7. The van der Waals surface area contributed by atoms with E-state index in [4.69, 9.17) is 14.6 Å². The van der Waals surface area contributed by atoms with Crippen LogP contribution in [0.3, 0.4) is 0 Å². The van der Waals surface area contributed by atoms with Crippen molar-refractivity contribution >= 4 is 5.97 Å². The molecule has 0 spiro atoms. The van der Waals surface area contributed by atoms with Gasteiger partial charge < -0.3 is 30.1 Å². The first-order chi connectivity index (χ1) is 8.63. The molecular formula is C11H15NO6. The highest BCUT2D eigenvalue weighted by Gasteiger charge is 2.44. The van der Waals surface area contributed by atoms with Crippen molar-refractivity contribution in [3.63, 3.8) is 0 Å². The first kappa shape index (κ1) is 13.0. The van der Waals surface area contributed by atoms with Gasteiger partial charge in [-0.05, 0) is 6.20 Å². The van der Waals surface area contributed by atoms with Crippen LogP contribution in [0.25, 0.3) is 0 Å². The number of carbonyl (C=O) groups excluding carboxylic acids is 1. The Labute approximate surface area is 103 Å². The van der Waals surface area contributed by atoms with E-state index >= 15 is 0 Å². The zero-order valence-corrected chi connectivity index (χ0v) is 9.52. The monoisotopic (exact) mass is 257 g/mol. The van der Waals surface area contributed by atoms with Crippen LogP contribution in [0, 0.1) is 0 Å². The maximum Gasteiger partial charge on any atom is 0.338 e. The molecule has 0 aromatic carbocycles. The number of dihydropyridines is 1. The number of carbonyl (C=O) groups is 1. The summed E-state index contributed by atoms with van der Waals surface area (Å²) < 4.78 is 9.98. The van der Waals surface area contributed by atoms with E-state index in [-0.39, 0.29) is 0 Å². The summed E-state index contributed by atoms with van der Waals surface area (Å²) in [6, 6.07) is 0. The highest BCUT2D eigenvalue weighted by molar-refractivity contribution is 5.89. The predicted octanol–water partition coefficient (Wildman–Crippen LogP) is -1.64. The normalized spacial score (nSPS) is 34.9. The minimum Gasteiger partial charge on any atom is -0.429 e. The molecule has 100 valence electrons. The van der Waals surface area contributed by atoms with Crippen LogP contribution in [0.5, 0.6) is 0 Å². The van der Waals surface area contributed by atoms with Gasteiger partial charge in [-0.2, -0.15) is 0 Å². The molecule has 1 unspecified atom stereocenters. The second-order valence-corrected chi connectivity index (χ2v) is 4.05. The maximum absolute atomic E-state index is 11.7. The second kappa shape index (κ2) is 5.49. The third-order valence-electron chi connectivity index (χ3n) is 2.79. The summed E-state index contributed by atoms with van der Waals surface area (Å²) in [5, 5.41) is 30.7. The van der Waals surface area contributed by atoms with Crippen LogP contribution in [0.1, 0.15) is 6.42 Å². The Morgan fingerprint density at radius 2 is 2.28 bits per heavy atom. The molecule has 2 heterocycles. The summed E-state index contributed by atoms with van der Waals surface area (Å²) in [6.07, 6.45) is 0.485. The quantitative estimate of drug-likeness (QED) is 0.449. The van der Waals surface area contributed by atoms with Gasteiger partial charge in [0, 0.05) is 12.6 Å². The topological polar surface area (TPSA) is 108 Å². The summed E-state index contributed by atoms with van der Waals surface area (Å²) in [5.41, 5.74) is 0.384. The van der Waals surface area contributed by atoms with Gasteiger partial charge in [-0.15, -0.1) is 0 Å².